The monoisotopic (exact) mass is 821 g/mol. The van der Waals surface area contributed by atoms with E-state index >= 15 is 0 Å². The fourth-order valence-corrected chi connectivity index (χ4v) is 15.3. The van der Waals surface area contributed by atoms with Crippen LogP contribution in [0.2, 0.25) is 0 Å². The molecule has 0 aromatic carbocycles. The first-order valence-electron chi connectivity index (χ1n) is 7.40. The van der Waals surface area contributed by atoms with Crippen LogP contribution in [0.3, 0.4) is 0 Å². The summed E-state index contributed by atoms with van der Waals surface area (Å²) in [5, 5.41) is 2.90. The predicted octanol–water partition coefficient (Wildman–Crippen LogP) is 6.62. The van der Waals surface area contributed by atoms with Crippen molar-refractivity contribution < 1.29 is 13.3 Å². The second kappa shape index (κ2) is 11.2. The number of halogens is 3. The molecule has 0 amide bonds. The van der Waals surface area contributed by atoms with Crippen LogP contribution in [-0.4, -0.2) is 21.0 Å². The molecule has 0 aliphatic carbocycles. The number of rotatable bonds is 0. The first-order valence-corrected chi connectivity index (χ1v) is 26.8. The number of hydrogen-bond donors (Lipinski definition) is 0. The van der Waals surface area contributed by atoms with E-state index in [1.54, 1.807) is 16.9 Å². The standard InChI is InChI=1S/C14H16S8.I3/c1-5-6(2)16-10-9(15-5)19-13(20-10)14-21-11-12(22-14)18-8(4)7(3)17-11;1-3-2/h5-8H,1-4H3;/q;-1/t5-,6-,7-,8-;/m0./s1. The van der Waals surface area contributed by atoms with Gasteiger partial charge in [-0.3, -0.25) is 0 Å². The zero-order valence-corrected chi connectivity index (χ0v) is 26.7. The predicted molar refractivity (Wildman–Crippen MR) is 148 cm³/mol. The van der Waals surface area contributed by atoms with Crippen molar-refractivity contribution >= 4 is 131 Å². The molecule has 25 heavy (non-hydrogen) atoms. The van der Waals surface area contributed by atoms with E-state index in [4.69, 9.17) is 0 Å². The Balaban J connectivity index is 0.000000569. The van der Waals surface area contributed by atoms with Crippen LogP contribution < -0.4 is 13.3 Å². The van der Waals surface area contributed by atoms with Crippen molar-refractivity contribution in [2.45, 2.75) is 48.7 Å². The third-order valence-electron chi connectivity index (χ3n) is 3.74. The Morgan fingerprint density at radius 2 is 0.720 bits per heavy atom. The van der Waals surface area contributed by atoms with Gasteiger partial charge in [0.15, 0.2) is 0 Å². The molecule has 0 aromatic heterocycles. The third-order valence-corrected chi connectivity index (χ3v) is 16.7. The second-order valence-corrected chi connectivity index (χ2v) is 32.9. The van der Waals surface area contributed by atoms with E-state index in [0.29, 0.717) is 13.3 Å². The van der Waals surface area contributed by atoms with E-state index < -0.39 is 0 Å². The van der Waals surface area contributed by atoms with Gasteiger partial charge in [-0.15, -0.1) is 47.0 Å². The van der Waals surface area contributed by atoms with E-state index in [-0.39, 0.29) is 0 Å². The summed E-state index contributed by atoms with van der Waals surface area (Å²) < 4.78 is 9.26. The Morgan fingerprint density at radius 3 is 0.920 bits per heavy atom. The molecule has 4 rings (SSSR count). The molecular weight excluding hydrogens is 805 g/mol. The summed E-state index contributed by atoms with van der Waals surface area (Å²) in [7, 11) is 0. The molecule has 4 heterocycles. The average molecular weight is 822 g/mol. The van der Waals surface area contributed by atoms with E-state index in [9.17, 15) is 0 Å². The van der Waals surface area contributed by atoms with Crippen molar-refractivity contribution in [2.75, 3.05) is 0 Å². The Kier molecular flexibility index (Phi) is 10.7. The van der Waals surface area contributed by atoms with Crippen molar-refractivity contribution in [3.05, 3.63) is 25.4 Å². The molecule has 4 aliphatic rings. The van der Waals surface area contributed by atoms with Crippen LogP contribution in [0.4, 0.5) is 0 Å². The SMILES string of the molecule is C[C@@H]1SC2=C(SC(=C3SC4=C(S3)S[C@@H](C)[C@H](C)S4)S2)S[C@H]1C.I[I-]I. The van der Waals surface area contributed by atoms with Crippen LogP contribution in [0, 0.1) is 0 Å². The summed E-state index contributed by atoms with van der Waals surface area (Å²) in [6.07, 6.45) is 0. The van der Waals surface area contributed by atoms with Crippen LogP contribution in [0.15, 0.2) is 25.4 Å². The van der Waals surface area contributed by atoms with Gasteiger partial charge in [0.25, 0.3) is 0 Å². The number of hydrogen-bond acceptors (Lipinski definition) is 8. The van der Waals surface area contributed by atoms with Gasteiger partial charge in [-0.05, 0) is 0 Å². The molecule has 0 unspecified atom stereocenters. The topological polar surface area (TPSA) is 0 Å². The minimum atomic E-state index is 0.530. The molecular formula is C14H16I3S8-. The van der Waals surface area contributed by atoms with Gasteiger partial charge < -0.3 is 0 Å². The van der Waals surface area contributed by atoms with Crippen LogP contribution in [0.25, 0.3) is 0 Å². The Labute approximate surface area is 214 Å². The fourth-order valence-electron chi connectivity index (χ4n) is 2.06. The molecule has 0 N–H and O–H groups in total. The molecule has 0 saturated heterocycles. The first kappa shape index (κ1) is 23.9. The summed E-state index contributed by atoms with van der Waals surface area (Å²) in [5.41, 5.74) is 0. The van der Waals surface area contributed by atoms with Crippen LogP contribution in [0.1, 0.15) is 27.7 Å². The molecule has 0 saturated carbocycles. The summed E-state index contributed by atoms with van der Waals surface area (Å²) >= 11 is 21.7. The second-order valence-electron chi connectivity index (χ2n) is 5.48. The van der Waals surface area contributed by atoms with Gasteiger partial charge >= 0.3 is 50.5 Å². The van der Waals surface area contributed by atoms with Crippen LogP contribution in [-0.2, 0) is 0 Å². The quantitative estimate of drug-likeness (QED) is 0.248. The zero-order valence-electron chi connectivity index (χ0n) is 13.7. The summed E-state index contributed by atoms with van der Waals surface area (Å²) in [6, 6.07) is 0. The Bertz CT molecular complexity index is 532. The molecule has 0 aromatic rings. The average Bonchev–Trinajstić information content (AvgIpc) is 3.13. The molecule has 4 aliphatic heterocycles. The van der Waals surface area contributed by atoms with E-state index in [1.165, 1.54) is 8.47 Å². The number of thioether (sulfide) groups is 8. The molecule has 0 spiro atoms. The zero-order chi connectivity index (χ0) is 18.1. The van der Waals surface area contributed by atoms with E-state index in [1.807, 2.05) is 47.0 Å². The van der Waals surface area contributed by atoms with Gasteiger partial charge in [-0.1, -0.05) is 74.7 Å². The van der Waals surface area contributed by atoms with Gasteiger partial charge in [0.1, 0.15) is 0 Å². The summed E-state index contributed by atoms with van der Waals surface area (Å²) in [5.74, 6) is 0. The molecule has 0 radical (unpaired) electrons. The van der Waals surface area contributed by atoms with E-state index in [0.717, 1.165) is 21.0 Å². The molecule has 0 nitrogen and oxygen atoms in total. The van der Waals surface area contributed by atoms with Crippen LogP contribution in [0.5, 0.6) is 0 Å². The van der Waals surface area contributed by atoms with Crippen molar-refractivity contribution in [1.82, 2.24) is 0 Å². The fraction of sp³-hybridized carbons (Fsp3) is 0.571. The van der Waals surface area contributed by atoms with Crippen molar-refractivity contribution in [3.8, 4) is 0 Å². The molecule has 4 atom stereocenters. The Hall–Kier alpha value is 4.21. The van der Waals surface area contributed by atoms with Crippen LogP contribution >= 0.6 is 131 Å². The third kappa shape index (κ3) is 6.13. The van der Waals surface area contributed by atoms with Gasteiger partial charge in [0, 0.05) is 21.0 Å². The van der Waals surface area contributed by atoms with Gasteiger partial charge in [-0.25, -0.2) is 0 Å². The molecule has 11 heteroatoms. The van der Waals surface area contributed by atoms with E-state index in [2.05, 4.69) is 112 Å². The first-order chi connectivity index (χ1) is 11.9. The summed E-state index contributed by atoms with van der Waals surface area (Å²) in [6.45, 7) is 9.44. The van der Waals surface area contributed by atoms with Crippen molar-refractivity contribution in [1.29, 1.82) is 0 Å². The van der Waals surface area contributed by atoms with Gasteiger partial charge in [0.2, 0.25) is 0 Å². The van der Waals surface area contributed by atoms with Gasteiger partial charge in [-0.2, -0.15) is 0 Å². The molecule has 0 fully saturated rings. The van der Waals surface area contributed by atoms with Crippen molar-refractivity contribution in [3.63, 3.8) is 0 Å². The minimum absolute atomic E-state index is 0.530. The maximum absolute atomic E-state index is 2.39. The van der Waals surface area contributed by atoms with Crippen molar-refractivity contribution in [2.24, 2.45) is 0 Å². The Morgan fingerprint density at radius 1 is 0.520 bits per heavy atom. The normalized spacial score (nSPS) is 35.0. The maximum atomic E-state index is 2.39. The molecule has 0 bridgehead atoms. The van der Waals surface area contributed by atoms with Gasteiger partial charge in [0.05, 0.1) is 25.4 Å². The summed E-state index contributed by atoms with van der Waals surface area (Å²) in [4.78, 5) is 0. The molecule has 142 valence electrons.